The lowest BCUT2D eigenvalue weighted by Gasteiger charge is -2.30. The fourth-order valence-corrected chi connectivity index (χ4v) is 8.71. The van der Waals surface area contributed by atoms with Crippen LogP contribution >= 0.6 is 11.6 Å². The van der Waals surface area contributed by atoms with E-state index in [1.54, 1.807) is 37.4 Å². The molecule has 5 atom stereocenters. The van der Waals surface area contributed by atoms with Crippen LogP contribution < -0.4 is 20.7 Å². The van der Waals surface area contributed by atoms with Crippen LogP contribution in [0.15, 0.2) is 72.8 Å². The van der Waals surface area contributed by atoms with E-state index < -0.39 is 51.9 Å². The lowest BCUT2D eigenvalue weighted by Crippen LogP contribution is -2.56. The number of halogens is 1. The first-order valence-electron chi connectivity index (χ1n) is 19.0. The van der Waals surface area contributed by atoms with E-state index in [4.69, 9.17) is 16.3 Å². The van der Waals surface area contributed by atoms with Gasteiger partial charge in [-0.3, -0.25) is 28.2 Å². The highest BCUT2D eigenvalue weighted by molar-refractivity contribution is 7.84. The number of hydrogen-bond donors (Lipinski definition) is 3. The number of hydrogen-bond acceptors (Lipinski definition) is 7. The summed E-state index contributed by atoms with van der Waals surface area (Å²) in [5.74, 6) is -1.02. The van der Waals surface area contributed by atoms with Crippen LogP contribution in [0.5, 0.6) is 5.75 Å². The van der Waals surface area contributed by atoms with Gasteiger partial charge in [-0.2, -0.15) is 0 Å². The highest BCUT2D eigenvalue weighted by Crippen LogP contribution is 2.27. The first-order chi connectivity index (χ1) is 26.4. The first kappa shape index (κ1) is 41.6. The van der Waals surface area contributed by atoms with Crippen molar-refractivity contribution in [2.24, 2.45) is 5.92 Å². The normalized spacial score (nSPS) is 22.5. The summed E-state index contributed by atoms with van der Waals surface area (Å²) in [7, 11) is 0.0948. The third-order valence-corrected chi connectivity index (χ3v) is 12.2. The summed E-state index contributed by atoms with van der Waals surface area (Å²) < 4.78 is 19.2. The SMILES string of the molecule is COc1ccc(CS(=O)[C@@H]2CC3C(=O)NC(C(C)C)C(=O)CCCCCCC(=O)NCc4ccc(cc4)C[C@H](NC(=O)c4cccc(Cl)c4)C(=O)N3C2)cc1. The van der Waals surface area contributed by atoms with Gasteiger partial charge in [0.25, 0.3) is 5.91 Å². The van der Waals surface area contributed by atoms with Gasteiger partial charge in [0.05, 0.1) is 18.4 Å². The van der Waals surface area contributed by atoms with Gasteiger partial charge in [0, 0.05) is 59.5 Å². The third-order valence-electron chi connectivity index (χ3n) is 10.2. The molecule has 1 fully saturated rings. The van der Waals surface area contributed by atoms with Crippen LogP contribution in [-0.2, 0) is 48.7 Å². The molecular formula is C42H51ClN4O7S. The van der Waals surface area contributed by atoms with Crippen molar-refractivity contribution in [2.75, 3.05) is 13.7 Å². The van der Waals surface area contributed by atoms with Crippen LogP contribution in [-0.4, -0.2) is 75.6 Å². The minimum absolute atomic E-state index is 0.0160. The number of methoxy groups -OCH3 is 1. The smallest absolute Gasteiger partial charge is 0.251 e. The van der Waals surface area contributed by atoms with E-state index in [1.807, 2.05) is 50.2 Å². The van der Waals surface area contributed by atoms with Crippen molar-refractivity contribution >= 4 is 51.8 Å². The number of rotatable bonds is 7. The highest BCUT2D eigenvalue weighted by atomic mass is 35.5. The molecule has 0 saturated carbocycles. The fourth-order valence-electron chi connectivity index (χ4n) is 7.04. The van der Waals surface area contributed by atoms with Crippen molar-refractivity contribution in [3.8, 4) is 5.75 Å². The quantitative estimate of drug-likeness (QED) is 0.295. The molecule has 3 N–H and O–H groups in total. The van der Waals surface area contributed by atoms with Gasteiger partial charge in [-0.15, -0.1) is 0 Å². The number of ketones is 1. The number of Topliss-reactive ketones (excluding diaryl/α,β-unsaturated/α-hetero) is 1. The Balaban J connectivity index is 1.48. The van der Waals surface area contributed by atoms with Crippen LogP contribution in [0.3, 0.4) is 0 Å². The molecule has 55 heavy (non-hydrogen) atoms. The zero-order valence-electron chi connectivity index (χ0n) is 31.7. The summed E-state index contributed by atoms with van der Waals surface area (Å²) in [6.45, 7) is 4.09. The molecule has 0 aliphatic carbocycles. The lowest BCUT2D eigenvalue weighted by molar-refractivity contribution is -0.140. The van der Waals surface area contributed by atoms with Crippen molar-refractivity contribution in [3.05, 3.63) is 100 Å². The van der Waals surface area contributed by atoms with Crippen molar-refractivity contribution in [3.63, 3.8) is 0 Å². The van der Waals surface area contributed by atoms with E-state index in [9.17, 15) is 28.2 Å². The Morgan fingerprint density at radius 3 is 2.31 bits per heavy atom. The Bertz CT molecular complexity index is 1850. The van der Waals surface area contributed by atoms with E-state index in [2.05, 4.69) is 16.0 Å². The summed E-state index contributed by atoms with van der Waals surface area (Å²) in [4.78, 5) is 70.0. The van der Waals surface area contributed by atoms with Crippen LogP contribution in [0.4, 0.5) is 0 Å². The monoisotopic (exact) mass is 790 g/mol. The molecule has 3 aliphatic rings. The molecule has 0 spiro atoms. The van der Waals surface area contributed by atoms with Gasteiger partial charge in [0.15, 0.2) is 5.78 Å². The summed E-state index contributed by atoms with van der Waals surface area (Å²) in [5, 5.41) is 8.61. The molecule has 3 aliphatic heterocycles. The van der Waals surface area contributed by atoms with Gasteiger partial charge in [-0.25, -0.2) is 0 Å². The largest absolute Gasteiger partial charge is 0.497 e. The summed E-state index contributed by atoms with van der Waals surface area (Å²) >= 11 is 6.20. The predicted octanol–water partition coefficient (Wildman–Crippen LogP) is 5.29. The molecule has 3 heterocycles. The Morgan fingerprint density at radius 2 is 1.64 bits per heavy atom. The third kappa shape index (κ3) is 11.7. The molecule has 3 unspecified atom stereocenters. The average molecular weight is 791 g/mol. The molecule has 0 aromatic heterocycles. The number of fused-ring (bicyclic) bond motifs is 16. The van der Waals surface area contributed by atoms with Crippen molar-refractivity contribution < 1.29 is 32.9 Å². The molecule has 6 rings (SSSR count). The van der Waals surface area contributed by atoms with E-state index in [0.717, 1.165) is 29.5 Å². The van der Waals surface area contributed by atoms with Gasteiger partial charge in [0.2, 0.25) is 17.7 Å². The van der Waals surface area contributed by atoms with E-state index in [1.165, 1.54) is 11.0 Å². The van der Waals surface area contributed by atoms with E-state index >= 15 is 0 Å². The van der Waals surface area contributed by atoms with Gasteiger partial charge in [-0.05, 0) is 72.2 Å². The highest BCUT2D eigenvalue weighted by Gasteiger charge is 2.45. The zero-order valence-corrected chi connectivity index (χ0v) is 33.3. The Kier molecular flexibility index (Phi) is 15.0. The van der Waals surface area contributed by atoms with Crippen LogP contribution in [0.1, 0.15) is 85.8 Å². The number of benzene rings is 3. The van der Waals surface area contributed by atoms with Crippen molar-refractivity contribution in [1.29, 1.82) is 0 Å². The Hall–Kier alpha value is -4.55. The summed E-state index contributed by atoms with van der Waals surface area (Å²) in [6.07, 6.45) is 3.77. The lowest BCUT2D eigenvalue weighted by atomic mass is 9.95. The standard InChI is InChI=1S/C42H51ClN4O7S/c1-27(2)39-37(48)11-6-4-5-7-12-38(49)44-24-29-15-13-28(14-16-29)21-35(45-40(50)31-9-8-10-32(43)22-31)42(52)47-25-34(23-36(47)41(51)46-39)55(53)26-30-17-19-33(54-3)20-18-30/h8-10,13-20,22,27,34-36,39H,4-7,11-12,21,23-26H2,1-3H3,(H,44,49)(H,45,50)(H,46,51)/t34-,35+,36?,39?,55?/m1/s1. The van der Waals surface area contributed by atoms with Gasteiger partial charge >= 0.3 is 0 Å². The molecule has 11 nitrogen and oxygen atoms in total. The Labute approximate surface area is 330 Å². The maximum atomic E-state index is 14.8. The second kappa shape index (κ2) is 19.9. The number of nitrogens with zero attached hydrogens (tertiary/aromatic N) is 1. The molecule has 4 amide bonds. The molecular weight excluding hydrogens is 740 g/mol. The van der Waals surface area contributed by atoms with E-state index in [0.29, 0.717) is 36.6 Å². The number of ether oxygens (including phenoxy) is 1. The number of amides is 4. The molecule has 0 radical (unpaired) electrons. The maximum absolute atomic E-state index is 14.8. The summed E-state index contributed by atoms with van der Waals surface area (Å²) in [6, 6.07) is 18.2. The minimum atomic E-state index is -1.48. The second-order valence-electron chi connectivity index (χ2n) is 14.7. The van der Waals surface area contributed by atoms with Gasteiger partial charge in [-0.1, -0.05) is 80.8 Å². The molecule has 294 valence electrons. The van der Waals surface area contributed by atoms with Crippen molar-refractivity contribution in [2.45, 2.75) is 101 Å². The molecule has 3 aromatic carbocycles. The van der Waals surface area contributed by atoms with Crippen LogP contribution in [0.2, 0.25) is 5.02 Å². The molecule has 3 aromatic rings. The topological polar surface area (TPSA) is 151 Å². The summed E-state index contributed by atoms with van der Waals surface area (Å²) in [5.41, 5.74) is 2.70. The fraction of sp³-hybridized carbons (Fsp3) is 0.452. The van der Waals surface area contributed by atoms with Gasteiger partial charge in [0.1, 0.15) is 17.8 Å². The second-order valence-corrected chi connectivity index (χ2v) is 16.8. The molecule has 1 saturated heterocycles. The van der Waals surface area contributed by atoms with E-state index in [-0.39, 0.29) is 54.7 Å². The van der Waals surface area contributed by atoms with Crippen LogP contribution in [0.25, 0.3) is 0 Å². The molecule has 13 heteroatoms. The Morgan fingerprint density at radius 1 is 0.945 bits per heavy atom. The van der Waals surface area contributed by atoms with Crippen molar-refractivity contribution in [1.82, 2.24) is 20.9 Å². The zero-order chi connectivity index (χ0) is 39.5. The maximum Gasteiger partial charge on any atom is 0.251 e. The predicted molar refractivity (Wildman–Crippen MR) is 213 cm³/mol. The average Bonchev–Trinajstić information content (AvgIpc) is 3.63. The number of nitrogens with one attached hydrogen (secondary N) is 3. The number of carbonyl (C=O) groups is 5. The number of carbonyl (C=O) groups excluding carboxylic acids is 5. The van der Waals surface area contributed by atoms with Gasteiger partial charge < -0.3 is 25.6 Å². The van der Waals surface area contributed by atoms with Crippen LogP contribution in [0, 0.1) is 5.92 Å². The first-order valence-corrected chi connectivity index (χ1v) is 20.7. The molecule has 2 bridgehead atoms. The minimum Gasteiger partial charge on any atom is -0.497 e.